The number of hydrogen-bond acceptors (Lipinski definition) is 1. The van der Waals surface area contributed by atoms with Crippen LogP contribution in [0.4, 0.5) is 0 Å². The van der Waals surface area contributed by atoms with Gasteiger partial charge in [0, 0.05) is 13.3 Å². The summed E-state index contributed by atoms with van der Waals surface area (Å²) < 4.78 is 0. The summed E-state index contributed by atoms with van der Waals surface area (Å²) in [6, 6.07) is 0. The fraction of sp³-hybridized carbons (Fsp3) is 0.867. The maximum atomic E-state index is 11.8. The molecule has 0 aromatic heterocycles. The second kappa shape index (κ2) is 4.31. The van der Waals surface area contributed by atoms with Crippen LogP contribution in [0.2, 0.25) is 0 Å². The minimum atomic E-state index is 0.0215. The molecule has 0 N–H and O–H groups in total. The molecule has 18 heavy (non-hydrogen) atoms. The second-order valence-corrected chi connectivity index (χ2v) is 7.03. The van der Waals surface area contributed by atoms with Crippen LogP contribution < -0.4 is 0 Å². The lowest BCUT2D eigenvalue weighted by Crippen LogP contribution is -2.46. The van der Waals surface area contributed by atoms with Gasteiger partial charge in [-0.15, -0.1) is 0 Å². The quantitative estimate of drug-likeness (QED) is 0.427. The number of carbonyl (C=O) groups excluding carboxylic acids is 1. The largest absolute Gasteiger partial charge is 0.361 e. The van der Waals surface area contributed by atoms with Crippen molar-refractivity contribution >= 4 is 11.5 Å². The van der Waals surface area contributed by atoms with Crippen LogP contribution in [0.5, 0.6) is 0 Å². The maximum absolute atomic E-state index is 11.8. The molecule has 4 fully saturated rings. The molecule has 0 aromatic rings. The molecule has 0 aromatic carbocycles. The molecule has 0 atom stereocenters. The van der Waals surface area contributed by atoms with E-state index in [0.29, 0.717) is 11.8 Å². The molecular formula is C15H22N2O. The van der Waals surface area contributed by atoms with Crippen LogP contribution in [0.1, 0.15) is 58.3 Å². The summed E-state index contributed by atoms with van der Waals surface area (Å²) in [7, 11) is 0. The third-order valence-electron chi connectivity index (χ3n) is 5.60. The number of rotatable bonds is 4. The third kappa shape index (κ3) is 2.05. The normalized spacial score (nSPS) is 40.6. The zero-order valence-corrected chi connectivity index (χ0v) is 11.2. The molecule has 0 spiro atoms. The van der Waals surface area contributed by atoms with Crippen molar-refractivity contribution in [1.82, 2.24) is 0 Å². The van der Waals surface area contributed by atoms with Crippen molar-refractivity contribution in [3.8, 4) is 0 Å². The van der Waals surface area contributed by atoms with Crippen LogP contribution in [0.3, 0.4) is 0 Å². The first-order chi connectivity index (χ1) is 8.60. The summed E-state index contributed by atoms with van der Waals surface area (Å²) in [5, 5.41) is 0. The van der Waals surface area contributed by atoms with Crippen LogP contribution in [0, 0.1) is 23.2 Å². The highest BCUT2D eigenvalue weighted by Crippen LogP contribution is 2.61. The Kier molecular flexibility index (Phi) is 2.90. The van der Waals surface area contributed by atoms with Gasteiger partial charge in [0.15, 0.2) is 0 Å². The van der Waals surface area contributed by atoms with Gasteiger partial charge in [0.05, 0.1) is 0 Å². The van der Waals surface area contributed by atoms with Crippen molar-refractivity contribution in [3.05, 3.63) is 5.53 Å². The van der Waals surface area contributed by atoms with Gasteiger partial charge in [0.2, 0.25) is 5.78 Å². The van der Waals surface area contributed by atoms with Crippen molar-refractivity contribution in [3.63, 3.8) is 0 Å². The molecule has 0 aliphatic heterocycles. The standard InChI is InChI=1S/C15H22N2O/c1-10(17-16)14(18)2-3-15-7-11-4-12(8-15)6-13(5-11)9-15/h11-13H,2-9H2,1H3. The topological polar surface area (TPSA) is 53.5 Å². The van der Waals surface area contributed by atoms with E-state index in [1.165, 1.54) is 38.5 Å². The molecule has 4 bridgehead atoms. The molecule has 0 unspecified atom stereocenters. The van der Waals surface area contributed by atoms with E-state index in [9.17, 15) is 4.79 Å². The third-order valence-corrected chi connectivity index (χ3v) is 5.60. The first-order valence-corrected chi connectivity index (χ1v) is 7.32. The fourth-order valence-corrected chi connectivity index (χ4v) is 5.21. The summed E-state index contributed by atoms with van der Waals surface area (Å²) in [6.45, 7) is 1.60. The lowest BCUT2D eigenvalue weighted by Gasteiger charge is -2.57. The molecule has 0 saturated heterocycles. The Hall–Kier alpha value is -0.950. The summed E-state index contributed by atoms with van der Waals surface area (Å²) in [5.41, 5.74) is 9.36. The van der Waals surface area contributed by atoms with Crippen LogP contribution in [0.15, 0.2) is 0 Å². The van der Waals surface area contributed by atoms with E-state index in [2.05, 4.69) is 4.79 Å². The summed E-state index contributed by atoms with van der Waals surface area (Å²) in [4.78, 5) is 14.8. The predicted octanol–water partition coefficient (Wildman–Crippen LogP) is 3.24. The molecule has 0 amide bonds. The lowest BCUT2D eigenvalue weighted by atomic mass is 9.48. The van der Waals surface area contributed by atoms with Gasteiger partial charge >= 0.3 is 5.71 Å². The Morgan fingerprint density at radius 2 is 1.67 bits per heavy atom. The summed E-state index contributed by atoms with van der Waals surface area (Å²) in [6.07, 6.45) is 9.98. The first kappa shape index (κ1) is 12.1. The van der Waals surface area contributed by atoms with Crippen LogP contribution in [0.25, 0.3) is 5.53 Å². The van der Waals surface area contributed by atoms with Gasteiger partial charge in [-0.1, -0.05) is 0 Å². The molecule has 4 rings (SSSR count). The van der Waals surface area contributed by atoms with Crippen LogP contribution in [-0.2, 0) is 4.79 Å². The molecule has 3 heteroatoms. The molecular weight excluding hydrogens is 224 g/mol. The molecule has 0 radical (unpaired) electrons. The molecule has 4 saturated carbocycles. The van der Waals surface area contributed by atoms with E-state index in [1.54, 1.807) is 6.92 Å². The minimum absolute atomic E-state index is 0.0215. The van der Waals surface area contributed by atoms with Crippen LogP contribution >= 0.6 is 0 Å². The fourth-order valence-electron chi connectivity index (χ4n) is 5.21. The Morgan fingerprint density at radius 3 is 2.11 bits per heavy atom. The number of carbonyl (C=O) groups is 1. The second-order valence-electron chi connectivity index (χ2n) is 7.03. The van der Waals surface area contributed by atoms with Gasteiger partial charge in [-0.25, -0.2) is 0 Å². The van der Waals surface area contributed by atoms with E-state index in [1.807, 2.05) is 0 Å². The average molecular weight is 246 g/mol. The van der Waals surface area contributed by atoms with E-state index >= 15 is 0 Å². The van der Waals surface area contributed by atoms with Gasteiger partial charge in [-0.2, -0.15) is 4.79 Å². The lowest BCUT2D eigenvalue weighted by molar-refractivity contribution is -0.119. The SMILES string of the molecule is CC(=[N+]=[N-])C(=O)CCC12CC3CC(CC(C3)C1)C2. The Bertz CT molecular complexity index is 385. The Labute approximate surface area is 109 Å². The smallest absolute Gasteiger partial charge is 0.331 e. The average Bonchev–Trinajstić information content (AvgIpc) is 2.33. The first-order valence-electron chi connectivity index (χ1n) is 7.32. The Balaban J connectivity index is 1.66. The highest BCUT2D eigenvalue weighted by Gasteiger charge is 2.50. The number of hydrogen-bond donors (Lipinski definition) is 0. The highest BCUT2D eigenvalue weighted by molar-refractivity contribution is 6.36. The molecule has 98 valence electrons. The van der Waals surface area contributed by atoms with Crippen molar-refractivity contribution < 1.29 is 9.58 Å². The molecule has 4 aliphatic carbocycles. The van der Waals surface area contributed by atoms with Crippen molar-refractivity contribution in [2.75, 3.05) is 0 Å². The van der Waals surface area contributed by atoms with E-state index < -0.39 is 0 Å². The predicted molar refractivity (Wildman–Crippen MR) is 69.1 cm³/mol. The molecule has 4 aliphatic rings. The summed E-state index contributed by atoms with van der Waals surface area (Å²) in [5.74, 6) is 2.85. The van der Waals surface area contributed by atoms with Gasteiger partial charge in [-0.05, 0) is 68.1 Å². The van der Waals surface area contributed by atoms with Crippen molar-refractivity contribution in [2.24, 2.45) is 23.2 Å². The monoisotopic (exact) mass is 246 g/mol. The number of Topliss-reactive ketones (excluding diaryl/α,β-unsaturated/α-hetero) is 1. The zero-order chi connectivity index (χ0) is 12.8. The maximum Gasteiger partial charge on any atom is 0.331 e. The van der Waals surface area contributed by atoms with Crippen LogP contribution in [-0.4, -0.2) is 16.3 Å². The van der Waals surface area contributed by atoms with Crippen molar-refractivity contribution in [1.29, 1.82) is 0 Å². The van der Waals surface area contributed by atoms with Gasteiger partial charge in [-0.3, -0.25) is 4.79 Å². The molecule has 3 nitrogen and oxygen atoms in total. The van der Waals surface area contributed by atoms with E-state index in [0.717, 1.165) is 24.2 Å². The van der Waals surface area contributed by atoms with Crippen molar-refractivity contribution in [2.45, 2.75) is 58.3 Å². The number of nitrogens with zero attached hydrogens (tertiary/aromatic N) is 2. The number of ketones is 1. The Morgan fingerprint density at radius 1 is 1.17 bits per heavy atom. The molecule has 0 heterocycles. The van der Waals surface area contributed by atoms with E-state index in [4.69, 9.17) is 5.53 Å². The van der Waals surface area contributed by atoms with Gasteiger partial charge in [0.1, 0.15) is 0 Å². The van der Waals surface area contributed by atoms with Gasteiger partial charge in [0.25, 0.3) is 0 Å². The van der Waals surface area contributed by atoms with E-state index in [-0.39, 0.29) is 11.5 Å². The highest BCUT2D eigenvalue weighted by atomic mass is 16.1. The zero-order valence-electron chi connectivity index (χ0n) is 11.2. The summed E-state index contributed by atoms with van der Waals surface area (Å²) >= 11 is 0. The minimum Gasteiger partial charge on any atom is -0.361 e. The van der Waals surface area contributed by atoms with Gasteiger partial charge < -0.3 is 5.53 Å².